The lowest BCUT2D eigenvalue weighted by Crippen LogP contribution is -2.48. The van der Waals surface area contributed by atoms with Crippen LogP contribution in [0.2, 0.25) is 0 Å². The molecular weight excluding hydrogens is 551 g/mol. The van der Waals surface area contributed by atoms with Crippen LogP contribution >= 0.6 is 0 Å². The predicted molar refractivity (Wildman–Crippen MR) is 157 cm³/mol. The van der Waals surface area contributed by atoms with Crippen LogP contribution in [0.5, 0.6) is 0 Å². The second-order valence-electron chi connectivity index (χ2n) is 11.5. The Bertz CT molecular complexity index is 1790. The van der Waals surface area contributed by atoms with E-state index < -0.39 is 11.7 Å². The zero-order chi connectivity index (χ0) is 30.1. The molecule has 12 heteroatoms. The van der Waals surface area contributed by atoms with Crippen molar-refractivity contribution in [2.75, 3.05) is 18.4 Å². The summed E-state index contributed by atoms with van der Waals surface area (Å²) in [6.07, 6.45) is 2.67. The summed E-state index contributed by atoms with van der Waals surface area (Å²) in [6, 6.07) is 18.0. The van der Waals surface area contributed by atoms with E-state index in [0.29, 0.717) is 54.0 Å². The molecule has 220 valence electrons. The summed E-state index contributed by atoms with van der Waals surface area (Å²) in [4.78, 5) is 31.1. The van der Waals surface area contributed by atoms with Crippen molar-refractivity contribution in [1.82, 2.24) is 34.7 Å². The molecule has 43 heavy (non-hydrogen) atoms. The molecular formula is C31H31FN8O3. The number of nitrogens with one attached hydrogen (secondary N) is 1. The molecule has 6 rings (SSSR count). The van der Waals surface area contributed by atoms with Gasteiger partial charge in [-0.25, -0.2) is 18.9 Å². The van der Waals surface area contributed by atoms with Gasteiger partial charge in [-0.3, -0.25) is 14.8 Å². The minimum atomic E-state index is -0.665. The molecule has 0 radical (unpaired) electrons. The second-order valence-corrected chi connectivity index (χ2v) is 11.5. The number of amides is 2. The monoisotopic (exact) mass is 582 g/mol. The van der Waals surface area contributed by atoms with Gasteiger partial charge in [-0.15, -0.1) is 5.10 Å². The molecule has 1 aliphatic rings. The average Bonchev–Trinajstić information content (AvgIpc) is 3.52. The van der Waals surface area contributed by atoms with E-state index >= 15 is 4.39 Å². The highest BCUT2D eigenvalue weighted by Crippen LogP contribution is 2.34. The van der Waals surface area contributed by atoms with Gasteiger partial charge < -0.3 is 9.64 Å². The molecule has 3 aromatic heterocycles. The number of halogens is 1. The van der Waals surface area contributed by atoms with Gasteiger partial charge in [0.1, 0.15) is 22.9 Å². The summed E-state index contributed by atoms with van der Waals surface area (Å²) in [5.41, 5.74) is 2.79. The van der Waals surface area contributed by atoms with Gasteiger partial charge in [0.2, 0.25) is 0 Å². The highest BCUT2D eigenvalue weighted by molar-refractivity contribution is 5.96. The van der Waals surface area contributed by atoms with Crippen molar-refractivity contribution in [3.8, 4) is 0 Å². The van der Waals surface area contributed by atoms with Gasteiger partial charge in [-0.05, 0) is 50.6 Å². The molecule has 4 heterocycles. The van der Waals surface area contributed by atoms with Gasteiger partial charge in [-0.1, -0.05) is 41.6 Å². The van der Waals surface area contributed by atoms with E-state index in [0.717, 1.165) is 5.56 Å². The summed E-state index contributed by atoms with van der Waals surface area (Å²) in [5, 5.41) is 16.3. The summed E-state index contributed by atoms with van der Waals surface area (Å²) >= 11 is 0. The van der Waals surface area contributed by atoms with Crippen molar-refractivity contribution in [2.45, 2.75) is 45.4 Å². The topological polar surface area (TPSA) is 120 Å². The molecule has 0 spiro atoms. The molecule has 1 fully saturated rings. The highest BCUT2D eigenvalue weighted by atomic mass is 19.1. The zero-order valence-corrected chi connectivity index (χ0v) is 24.1. The summed E-state index contributed by atoms with van der Waals surface area (Å²) < 4.78 is 23.9. The maximum atomic E-state index is 15.1. The lowest BCUT2D eigenvalue weighted by molar-refractivity contribution is 0.0595. The number of hydrogen-bond donors (Lipinski definition) is 1. The van der Waals surface area contributed by atoms with E-state index in [1.54, 1.807) is 47.2 Å². The van der Waals surface area contributed by atoms with Crippen LogP contribution in [-0.2, 0) is 17.8 Å². The van der Waals surface area contributed by atoms with Crippen molar-refractivity contribution in [3.63, 3.8) is 0 Å². The lowest BCUT2D eigenvalue weighted by Gasteiger charge is -2.38. The summed E-state index contributed by atoms with van der Waals surface area (Å²) in [7, 11) is 0. The molecule has 1 aliphatic heterocycles. The van der Waals surface area contributed by atoms with Gasteiger partial charge in [0, 0.05) is 30.8 Å². The fourth-order valence-corrected chi connectivity index (χ4v) is 5.07. The second kappa shape index (κ2) is 11.3. The van der Waals surface area contributed by atoms with E-state index in [9.17, 15) is 9.59 Å². The number of carbonyl (C=O) groups is 2. The van der Waals surface area contributed by atoms with E-state index in [1.807, 2.05) is 42.6 Å². The number of benzene rings is 2. The first-order valence-corrected chi connectivity index (χ1v) is 14.0. The minimum absolute atomic E-state index is 0.139. The van der Waals surface area contributed by atoms with Crippen LogP contribution in [0.3, 0.4) is 0 Å². The molecule has 1 saturated heterocycles. The van der Waals surface area contributed by atoms with Crippen LogP contribution < -0.4 is 5.32 Å². The lowest BCUT2D eigenvalue weighted by atomic mass is 9.93. The Morgan fingerprint density at radius 2 is 1.84 bits per heavy atom. The third kappa shape index (κ3) is 6.22. The van der Waals surface area contributed by atoms with Gasteiger partial charge >= 0.3 is 6.09 Å². The Labute approximate surface area is 247 Å². The first-order chi connectivity index (χ1) is 20.6. The third-order valence-electron chi connectivity index (χ3n) is 7.03. The van der Waals surface area contributed by atoms with Crippen LogP contribution in [0, 0.1) is 5.82 Å². The number of likely N-dealkylation sites (tertiary alicyclic amines) is 1. The number of fused-ring (bicyclic) bond motifs is 1. The van der Waals surface area contributed by atoms with Crippen molar-refractivity contribution >= 4 is 28.7 Å². The standard InChI is InChI=1S/C31H31FN8O3/c1-31(2,3)43-30(42)34-26-14-21(12-13-33-26)29(41)38-16-22(17-38)28-27-24(32)10-7-11-25(27)40(36-28)19-23-18-39(37-35-23)15-20-8-5-4-6-9-20/h4-14,18,22H,15-17,19H2,1-3H3,(H,33,34,42). The van der Waals surface area contributed by atoms with Crippen molar-refractivity contribution < 1.29 is 18.7 Å². The first-order valence-electron chi connectivity index (χ1n) is 14.0. The molecule has 5 aromatic rings. The number of rotatable bonds is 7. The van der Waals surface area contributed by atoms with E-state index in [2.05, 4.69) is 20.6 Å². The first kappa shape index (κ1) is 28.0. The van der Waals surface area contributed by atoms with Crippen LogP contribution in [-0.4, -0.2) is 65.3 Å². The predicted octanol–water partition coefficient (Wildman–Crippen LogP) is 4.85. The fraction of sp³-hybridized carbons (Fsp3) is 0.290. The third-order valence-corrected chi connectivity index (χ3v) is 7.03. The van der Waals surface area contributed by atoms with Crippen LogP contribution in [0.25, 0.3) is 10.9 Å². The van der Waals surface area contributed by atoms with Crippen molar-refractivity contribution in [3.05, 3.63) is 101 Å². The zero-order valence-electron chi connectivity index (χ0n) is 24.1. The molecule has 0 unspecified atom stereocenters. The van der Waals surface area contributed by atoms with Crippen molar-refractivity contribution in [2.24, 2.45) is 0 Å². The Morgan fingerprint density at radius 1 is 1.05 bits per heavy atom. The molecule has 11 nitrogen and oxygen atoms in total. The van der Waals surface area contributed by atoms with Crippen molar-refractivity contribution in [1.29, 1.82) is 0 Å². The molecule has 0 bridgehead atoms. The molecule has 0 saturated carbocycles. The van der Waals surface area contributed by atoms with E-state index in [-0.39, 0.29) is 23.5 Å². The largest absolute Gasteiger partial charge is 0.444 e. The maximum Gasteiger partial charge on any atom is 0.413 e. The Morgan fingerprint density at radius 3 is 2.60 bits per heavy atom. The number of anilines is 1. The Kier molecular flexibility index (Phi) is 7.34. The average molecular weight is 583 g/mol. The highest BCUT2D eigenvalue weighted by Gasteiger charge is 2.36. The molecule has 0 aliphatic carbocycles. The number of hydrogen-bond acceptors (Lipinski definition) is 7. The number of pyridine rings is 1. The normalized spacial score (nSPS) is 13.6. The SMILES string of the molecule is CC(C)(C)OC(=O)Nc1cc(C(=O)N2CC(c3nn(Cc4cn(Cc5ccccc5)nn4)c4cccc(F)c34)C2)ccn1. The fourth-order valence-electron chi connectivity index (χ4n) is 5.07. The van der Waals surface area contributed by atoms with Crippen LogP contribution in [0.1, 0.15) is 54.0 Å². The Hall–Kier alpha value is -5.13. The number of ether oxygens (including phenoxy) is 1. The number of aromatic nitrogens is 6. The van der Waals surface area contributed by atoms with Crippen LogP contribution in [0.15, 0.2) is 73.1 Å². The molecule has 1 N–H and O–H groups in total. The van der Waals surface area contributed by atoms with Gasteiger partial charge in [0.05, 0.1) is 35.9 Å². The summed E-state index contributed by atoms with van der Waals surface area (Å²) in [6.45, 7) is 6.96. The maximum absolute atomic E-state index is 15.1. The molecule has 0 atom stereocenters. The quantitative estimate of drug-likeness (QED) is 0.291. The summed E-state index contributed by atoms with van der Waals surface area (Å²) in [5.74, 6) is -0.502. The van der Waals surface area contributed by atoms with Crippen LogP contribution in [0.4, 0.5) is 15.0 Å². The number of nitrogens with zero attached hydrogens (tertiary/aromatic N) is 7. The van der Waals surface area contributed by atoms with Gasteiger partial charge in [0.25, 0.3) is 5.91 Å². The van der Waals surface area contributed by atoms with E-state index in [4.69, 9.17) is 9.84 Å². The molecule has 2 aromatic carbocycles. The smallest absolute Gasteiger partial charge is 0.413 e. The van der Waals surface area contributed by atoms with Gasteiger partial charge in [-0.2, -0.15) is 5.10 Å². The minimum Gasteiger partial charge on any atom is -0.444 e. The number of carbonyl (C=O) groups excluding carboxylic acids is 2. The van der Waals surface area contributed by atoms with Gasteiger partial charge in [0.15, 0.2) is 0 Å². The molecule has 2 amide bonds. The Balaban J connectivity index is 1.15. The van der Waals surface area contributed by atoms with E-state index in [1.165, 1.54) is 18.3 Å².